The van der Waals surface area contributed by atoms with Gasteiger partial charge in [-0.05, 0) is 54.2 Å². The first-order valence-corrected chi connectivity index (χ1v) is 10.2. The Morgan fingerprint density at radius 1 is 1.08 bits per heavy atom. The topological polar surface area (TPSA) is 66.8 Å². The molecule has 138 valence electrons. The Bertz CT molecular complexity index is 765. The molecule has 1 N–H and O–H groups in total. The van der Waals surface area contributed by atoms with Crippen molar-refractivity contribution >= 4 is 16.9 Å². The van der Waals surface area contributed by atoms with E-state index in [1.807, 2.05) is 48.5 Å². The van der Waals surface area contributed by atoms with Crippen LogP contribution in [0.15, 0.2) is 53.4 Å². The first-order chi connectivity index (χ1) is 12.5. The lowest BCUT2D eigenvalue weighted by molar-refractivity contribution is 0.111. The van der Waals surface area contributed by atoms with E-state index < -0.39 is 16.9 Å². The van der Waals surface area contributed by atoms with E-state index in [0.717, 1.165) is 34.6 Å². The van der Waals surface area contributed by atoms with E-state index in [2.05, 4.69) is 0 Å². The first kappa shape index (κ1) is 18.5. The van der Waals surface area contributed by atoms with Crippen LogP contribution in [0.5, 0.6) is 5.75 Å². The van der Waals surface area contributed by atoms with Gasteiger partial charge in [0.05, 0.1) is 6.61 Å². The van der Waals surface area contributed by atoms with Crippen molar-refractivity contribution in [3.05, 3.63) is 48.5 Å². The molecule has 1 amide bonds. The van der Waals surface area contributed by atoms with Crippen LogP contribution in [-0.4, -0.2) is 46.3 Å². The molecule has 1 aliphatic rings. The molecule has 26 heavy (non-hydrogen) atoms. The third-order valence-electron chi connectivity index (χ3n) is 4.74. The van der Waals surface area contributed by atoms with Gasteiger partial charge in [0.15, 0.2) is 0 Å². The highest BCUT2D eigenvalue weighted by atomic mass is 32.2. The van der Waals surface area contributed by atoms with Gasteiger partial charge in [-0.1, -0.05) is 24.3 Å². The number of rotatable bonds is 5. The number of carbonyl (C=O) groups is 1. The van der Waals surface area contributed by atoms with Gasteiger partial charge in [0.1, 0.15) is 5.75 Å². The monoisotopic (exact) mass is 373 g/mol. The lowest BCUT2D eigenvalue weighted by atomic mass is 9.98. The van der Waals surface area contributed by atoms with Crippen LogP contribution in [0.2, 0.25) is 0 Å². The van der Waals surface area contributed by atoms with Crippen molar-refractivity contribution in [3.8, 4) is 16.9 Å². The second kappa shape index (κ2) is 8.36. The summed E-state index contributed by atoms with van der Waals surface area (Å²) in [5.74, 6) is 1.22. The molecule has 2 aromatic carbocycles. The lowest BCUT2D eigenvalue weighted by Crippen LogP contribution is -2.38. The summed E-state index contributed by atoms with van der Waals surface area (Å²) in [4.78, 5) is 13.2. The van der Waals surface area contributed by atoms with Gasteiger partial charge in [0, 0.05) is 35.0 Å². The van der Waals surface area contributed by atoms with E-state index in [1.165, 1.54) is 4.90 Å². The summed E-state index contributed by atoms with van der Waals surface area (Å²) >= 11 is 0. The molecule has 1 unspecified atom stereocenters. The molecule has 1 saturated heterocycles. The fraction of sp³-hybridized carbons (Fsp3) is 0.350. The number of likely N-dealkylation sites (tertiary alicyclic amines) is 1. The molecule has 6 heteroatoms. The van der Waals surface area contributed by atoms with Crippen LogP contribution in [0, 0.1) is 5.92 Å². The van der Waals surface area contributed by atoms with E-state index in [1.54, 1.807) is 6.26 Å². The summed E-state index contributed by atoms with van der Waals surface area (Å²) in [6.45, 7) is 1.78. The van der Waals surface area contributed by atoms with E-state index in [-0.39, 0.29) is 0 Å². The fourth-order valence-corrected chi connectivity index (χ4v) is 3.61. The highest BCUT2D eigenvalue weighted by Crippen LogP contribution is 2.25. The van der Waals surface area contributed by atoms with Crippen molar-refractivity contribution in [2.24, 2.45) is 5.92 Å². The number of hydrogen-bond acceptors (Lipinski definition) is 3. The molecule has 0 saturated carbocycles. The third kappa shape index (κ3) is 4.64. The highest BCUT2D eigenvalue weighted by molar-refractivity contribution is 7.84. The Hall–Kier alpha value is -2.34. The van der Waals surface area contributed by atoms with Crippen molar-refractivity contribution in [1.29, 1.82) is 0 Å². The van der Waals surface area contributed by atoms with E-state index in [0.29, 0.717) is 25.6 Å². The van der Waals surface area contributed by atoms with Crippen LogP contribution in [0.3, 0.4) is 0 Å². The molecular weight excluding hydrogens is 350 g/mol. The van der Waals surface area contributed by atoms with Crippen molar-refractivity contribution in [2.45, 2.75) is 17.7 Å². The summed E-state index contributed by atoms with van der Waals surface area (Å²) in [5, 5.41) is 8.97. The zero-order valence-corrected chi connectivity index (χ0v) is 15.6. The van der Waals surface area contributed by atoms with Gasteiger partial charge in [-0.25, -0.2) is 4.79 Å². The van der Waals surface area contributed by atoms with E-state index in [4.69, 9.17) is 9.84 Å². The Morgan fingerprint density at radius 2 is 1.62 bits per heavy atom. The van der Waals surface area contributed by atoms with Gasteiger partial charge in [0.25, 0.3) is 0 Å². The molecule has 3 rings (SSSR count). The maximum absolute atomic E-state index is 11.5. The molecule has 1 heterocycles. The van der Waals surface area contributed by atoms with E-state index >= 15 is 0 Å². The molecule has 2 aromatic rings. The summed E-state index contributed by atoms with van der Waals surface area (Å²) < 4.78 is 17.3. The number of carboxylic acid groups (broad SMARTS) is 1. The fourth-order valence-electron chi connectivity index (χ4n) is 3.09. The van der Waals surface area contributed by atoms with Crippen molar-refractivity contribution in [2.75, 3.05) is 26.0 Å². The summed E-state index contributed by atoms with van der Waals surface area (Å²) in [6, 6.07) is 15.7. The molecule has 1 atom stereocenters. The normalized spacial score (nSPS) is 16.3. The van der Waals surface area contributed by atoms with Crippen LogP contribution in [0.25, 0.3) is 11.1 Å². The number of ether oxygens (including phenoxy) is 1. The molecule has 0 spiro atoms. The van der Waals surface area contributed by atoms with Crippen molar-refractivity contribution < 1.29 is 18.8 Å². The largest absolute Gasteiger partial charge is 0.493 e. The summed E-state index contributed by atoms with van der Waals surface area (Å²) in [7, 11) is -0.963. The van der Waals surface area contributed by atoms with Crippen LogP contribution in [0.1, 0.15) is 12.8 Å². The second-order valence-corrected chi connectivity index (χ2v) is 7.91. The number of nitrogens with zero attached hydrogens (tertiary/aromatic N) is 1. The van der Waals surface area contributed by atoms with Crippen molar-refractivity contribution in [3.63, 3.8) is 0 Å². The average Bonchev–Trinajstić information content (AvgIpc) is 2.67. The van der Waals surface area contributed by atoms with Gasteiger partial charge in [-0.2, -0.15) is 0 Å². The molecule has 5 nitrogen and oxygen atoms in total. The maximum atomic E-state index is 11.5. The van der Waals surface area contributed by atoms with Crippen LogP contribution >= 0.6 is 0 Å². The Morgan fingerprint density at radius 3 is 2.12 bits per heavy atom. The zero-order chi connectivity index (χ0) is 18.5. The standard InChI is InChI=1S/C20H23NO4S/c1-26(24)19-8-4-17(5-9-19)16-2-6-18(7-3-16)25-14-15-10-12-21(13-11-15)20(22)23/h2-9,15H,10-14H2,1H3,(H,22,23). The molecule has 1 aliphatic heterocycles. The molecule has 0 radical (unpaired) electrons. The molecular formula is C20H23NO4S. The van der Waals surface area contributed by atoms with Crippen molar-refractivity contribution in [1.82, 2.24) is 4.90 Å². The molecule has 0 aromatic heterocycles. The number of piperidine rings is 1. The Balaban J connectivity index is 1.53. The van der Waals surface area contributed by atoms with Gasteiger partial charge in [0.2, 0.25) is 0 Å². The third-order valence-corrected chi connectivity index (χ3v) is 5.68. The predicted octanol–water partition coefficient (Wildman–Crippen LogP) is 3.86. The number of hydrogen-bond donors (Lipinski definition) is 1. The van der Waals surface area contributed by atoms with Crippen LogP contribution < -0.4 is 4.74 Å². The minimum atomic E-state index is -0.963. The lowest BCUT2D eigenvalue weighted by Gasteiger charge is -2.29. The van der Waals surface area contributed by atoms with Crippen LogP contribution in [-0.2, 0) is 10.8 Å². The molecule has 1 fully saturated rings. The van der Waals surface area contributed by atoms with Gasteiger partial charge >= 0.3 is 6.09 Å². The van der Waals surface area contributed by atoms with Crippen LogP contribution in [0.4, 0.5) is 4.79 Å². The second-order valence-electron chi connectivity index (χ2n) is 6.53. The molecule has 0 aliphatic carbocycles. The number of benzene rings is 2. The molecule has 0 bridgehead atoms. The Labute approximate surface area is 156 Å². The highest BCUT2D eigenvalue weighted by Gasteiger charge is 2.22. The Kier molecular flexibility index (Phi) is 5.93. The SMILES string of the molecule is CS(=O)c1ccc(-c2ccc(OCC3CCN(C(=O)O)CC3)cc2)cc1. The minimum absolute atomic E-state index is 0.396. The van der Waals surface area contributed by atoms with Gasteiger partial charge in [-0.15, -0.1) is 0 Å². The summed E-state index contributed by atoms with van der Waals surface area (Å²) in [6.07, 6.45) is 2.52. The summed E-state index contributed by atoms with van der Waals surface area (Å²) in [5.41, 5.74) is 2.16. The minimum Gasteiger partial charge on any atom is -0.493 e. The van der Waals surface area contributed by atoms with Gasteiger partial charge in [-0.3, -0.25) is 4.21 Å². The average molecular weight is 373 g/mol. The smallest absolute Gasteiger partial charge is 0.407 e. The van der Waals surface area contributed by atoms with E-state index in [9.17, 15) is 9.00 Å². The zero-order valence-electron chi connectivity index (χ0n) is 14.8. The first-order valence-electron chi connectivity index (χ1n) is 8.67. The quantitative estimate of drug-likeness (QED) is 0.864. The number of amides is 1. The maximum Gasteiger partial charge on any atom is 0.407 e. The predicted molar refractivity (Wildman–Crippen MR) is 102 cm³/mol. The van der Waals surface area contributed by atoms with Gasteiger partial charge < -0.3 is 14.7 Å².